The summed E-state index contributed by atoms with van der Waals surface area (Å²) in [6.45, 7) is 2.28. The van der Waals surface area contributed by atoms with Gasteiger partial charge in [0, 0.05) is 15.1 Å². The lowest BCUT2D eigenvalue weighted by Crippen LogP contribution is -2.20. The first-order valence-corrected chi connectivity index (χ1v) is 7.04. The van der Waals surface area contributed by atoms with E-state index in [1.54, 1.807) is 0 Å². The fourth-order valence-corrected chi connectivity index (χ4v) is 2.94. The number of hydrogen-bond donors (Lipinski definition) is 0. The highest BCUT2D eigenvalue weighted by Crippen LogP contribution is 2.30. The van der Waals surface area contributed by atoms with E-state index in [0.717, 1.165) is 27.9 Å². The first-order valence-electron chi connectivity index (χ1n) is 5.96. The smallest absolute Gasteiger partial charge is 0.165 e. The maximum atomic E-state index is 12.3. The fourth-order valence-electron chi connectivity index (χ4n) is 2.40. The Morgan fingerprint density at radius 1 is 1.25 bits per heavy atom. The standard InChI is InChI=1S/C14H17IO/c1-10-5-7-11(8-6-10)14(16)12-3-2-4-13(15)9-12/h2-4,9-11H,5-8H2,1H3. The number of halogens is 1. The highest BCUT2D eigenvalue weighted by atomic mass is 127. The highest BCUT2D eigenvalue weighted by Gasteiger charge is 2.25. The van der Waals surface area contributed by atoms with E-state index in [1.807, 2.05) is 24.3 Å². The van der Waals surface area contributed by atoms with Crippen LogP contribution in [0.1, 0.15) is 43.0 Å². The van der Waals surface area contributed by atoms with Gasteiger partial charge in [0.25, 0.3) is 0 Å². The van der Waals surface area contributed by atoms with E-state index >= 15 is 0 Å². The monoisotopic (exact) mass is 328 g/mol. The normalized spacial score (nSPS) is 25.4. The minimum atomic E-state index is 0.273. The van der Waals surface area contributed by atoms with Gasteiger partial charge >= 0.3 is 0 Å². The average molecular weight is 328 g/mol. The summed E-state index contributed by atoms with van der Waals surface area (Å²) < 4.78 is 1.15. The number of rotatable bonds is 2. The van der Waals surface area contributed by atoms with Crippen molar-refractivity contribution in [3.8, 4) is 0 Å². The van der Waals surface area contributed by atoms with E-state index in [4.69, 9.17) is 0 Å². The van der Waals surface area contributed by atoms with Crippen LogP contribution >= 0.6 is 22.6 Å². The maximum absolute atomic E-state index is 12.3. The molecule has 1 fully saturated rings. The summed E-state index contributed by atoms with van der Waals surface area (Å²) in [6, 6.07) is 7.95. The fraction of sp³-hybridized carbons (Fsp3) is 0.500. The van der Waals surface area contributed by atoms with Crippen molar-refractivity contribution in [1.29, 1.82) is 0 Å². The Hall–Kier alpha value is -0.380. The van der Waals surface area contributed by atoms with Crippen molar-refractivity contribution in [2.45, 2.75) is 32.6 Å². The van der Waals surface area contributed by atoms with Crippen molar-refractivity contribution >= 4 is 28.4 Å². The van der Waals surface area contributed by atoms with Crippen molar-refractivity contribution in [3.63, 3.8) is 0 Å². The number of carbonyl (C=O) groups excluding carboxylic acids is 1. The zero-order valence-electron chi connectivity index (χ0n) is 9.58. The molecule has 2 heteroatoms. The molecule has 86 valence electrons. The summed E-state index contributed by atoms with van der Waals surface area (Å²) in [5.41, 5.74) is 0.895. The lowest BCUT2D eigenvalue weighted by atomic mass is 9.79. The van der Waals surface area contributed by atoms with Gasteiger partial charge in [-0.15, -0.1) is 0 Å². The van der Waals surface area contributed by atoms with Crippen LogP contribution in [-0.2, 0) is 0 Å². The van der Waals surface area contributed by atoms with Gasteiger partial charge in [-0.1, -0.05) is 31.9 Å². The van der Waals surface area contributed by atoms with Crippen molar-refractivity contribution in [1.82, 2.24) is 0 Å². The number of carbonyl (C=O) groups is 1. The average Bonchev–Trinajstić information content (AvgIpc) is 2.29. The van der Waals surface area contributed by atoms with Crippen LogP contribution in [0.4, 0.5) is 0 Å². The van der Waals surface area contributed by atoms with Gasteiger partial charge in [0.05, 0.1) is 0 Å². The van der Waals surface area contributed by atoms with Crippen LogP contribution in [0.3, 0.4) is 0 Å². The van der Waals surface area contributed by atoms with E-state index in [9.17, 15) is 4.79 Å². The largest absolute Gasteiger partial charge is 0.294 e. The van der Waals surface area contributed by atoms with Crippen molar-refractivity contribution < 1.29 is 4.79 Å². The zero-order valence-corrected chi connectivity index (χ0v) is 11.7. The maximum Gasteiger partial charge on any atom is 0.165 e. The molecule has 0 bridgehead atoms. The number of Topliss-reactive ketones (excluding diaryl/α,β-unsaturated/α-hetero) is 1. The molecule has 2 rings (SSSR count). The Balaban J connectivity index is 2.08. The molecular formula is C14H17IO. The second-order valence-electron chi connectivity index (χ2n) is 4.83. The lowest BCUT2D eigenvalue weighted by Gasteiger charge is -2.25. The Morgan fingerprint density at radius 3 is 2.56 bits per heavy atom. The van der Waals surface area contributed by atoms with Gasteiger partial charge in [-0.3, -0.25) is 4.79 Å². The molecule has 0 unspecified atom stereocenters. The van der Waals surface area contributed by atoms with Crippen LogP contribution < -0.4 is 0 Å². The molecule has 16 heavy (non-hydrogen) atoms. The van der Waals surface area contributed by atoms with Gasteiger partial charge in [0.15, 0.2) is 5.78 Å². The highest BCUT2D eigenvalue weighted by molar-refractivity contribution is 14.1. The van der Waals surface area contributed by atoms with Crippen LogP contribution in [0.15, 0.2) is 24.3 Å². The van der Waals surface area contributed by atoms with Gasteiger partial charge in [0.2, 0.25) is 0 Å². The van der Waals surface area contributed by atoms with Crippen molar-refractivity contribution in [3.05, 3.63) is 33.4 Å². The van der Waals surface area contributed by atoms with E-state index in [-0.39, 0.29) is 5.92 Å². The SMILES string of the molecule is CC1CCC(C(=O)c2cccc(I)c2)CC1. The molecule has 0 heterocycles. The number of benzene rings is 1. The Labute approximate surface area is 111 Å². The summed E-state index contributed by atoms with van der Waals surface area (Å²) in [4.78, 5) is 12.3. The van der Waals surface area contributed by atoms with Crippen molar-refractivity contribution in [2.24, 2.45) is 11.8 Å². The second-order valence-corrected chi connectivity index (χ2v) is 6.08. The third-order valence-electron chi connectivity index (χ3n) is 3.50. The molecule has 0 aliphatic heterocycles. The van der Waals surface area contributed by atoms with E-state index in [0.29, 0.717) is 5.78 Å². The number of ketones is 1. The minimum absolute atomic E-state index is 0.273. The quantitative estimate of drug-likeness (QED) is 0.584. The first kappa shape index (κ1) is 12.1. The summed E-state index contributed by atoms with van der Waals surface area (Å²) in [6.07, 6.45) is 4.57. The Kier molecular flexibility index (Phi) is 4.00. The first-order chi connectivity index (χ1) is 7.66. The summed E-state index contributed by atoms with van der Waals surface area (Å²) >= 11 is 2.26. The molecule has 0 N–H and O–H groups in total. The zero-order chi connectivity index (χ0) is 11.5. The van der Waals surface area contributed by atoms with E-state index < -0.39 is 0 Å². The summed E-state index contributed by atoms with van der Waals surface area (Å²) in [5.74, 6) is 1.43. The molecule has 1 saturated carbocycles. The third kappa shape index (κ3) is 2.84. The Bertz CT molecular complexity index is 378. The topological polar surface area (TPSA) is 17.1 Å². The lowest BCUT2D eigenvalue weighted by molar-refractivity contribution is 0.0875. The minimum Gasteiger partial charge on any atom is -0.294 e. The molecule has 1 aliphatic carbocycles. The molecular weight excluding hydrogens is 311 g/mol. The molecule has 1 aliphatic rings. The predicted octanol–water partition coefficient (Wildman–Crippen LogP) is 4.30. The van der Waals surface area contributed by atoms with Gasteiger partial charge in [0.1, 0.15) is 0 Å². The summed E-state index contributed by atoms with van der Waals surface area (Å²) in [7, 11) is 0. The third-order valence-corrected chi connectivity index (χ3v) is 4.17. The predicted molar refractivity (Wildman–Crippen MR) is 74.6 cm³/mol. The van der Waals surface area contributed by atoms with Crippen LogP contribution in [0, 0.1) is 15.4 Å². The molecule has 0 aromatic heterocycles. The van der Waals surface area contributed by atoms with Gasteiger partial charge < -0.3 is 0 Å². The molecule has 0 saturated heterocycles. The van der Waals surface area contributed by atoms with Crippen molar-refractivity contribution in [2.75, 3.05) is 0 Å². The van der Waals surface area contributed by atoms with Crippen LogP contribution in [0.25, 0.3) is 0 Å². The molecule has 0 radical (unpaired) electrons. The van der Waals surface area contributed by atoms with Crippen LogP contribution in [-0.4, -0.2) is 5.78 Å². The van der Waals surface area contributed by atoms with Gasteiger partial charge in [-0.25, -0.2) is 0 Å². The van der Waals surface area contributed by atoms with E-state index in [1.165, 1.54) is 12.8 Å². The van der Waals surface area contributed by atoms with Crippen LogP contribution in [0.2, 0.25) is 0 Å². The Morgan fingerprint density at radius 2 is 1.94 bits per heavy atom. The molecule has 1 nitrogen and oxygen atoms in total. The molecule has 1 aromatic carbocycles. The van der Waals surface area contributed by atoms with Crippen LogP contribution in [0.5, 0.6) is 0 Å². The van der Waals surface area contributed by atoms with E-state index in [2.05, 4.69) is 29.5 Å². The molecule has 1 aromatic rings. The molecule has 0 spiro atoms. The molecule has 0 amide bonds. The number of hydrogen-bond acceptors (Lipinski definition) is 1. The molecule has 0 atom stereocenters. The van der Waals surface area contributed by atoms with Gasteiger partial charge in [-0.2, -0.15) is 0 Å². The van der Waals surface area contributed by atoms with Gasteiger partial charge in [-0.05, 0) is 53.5 Å². The summed E-state index contributed by atoms with van der Waals surface area (Å²) in [5, 5.41) is 0. The second kappa shape index (κ2) is 5.30.